The largest absolute Gasteiger partial charge is 0.166 e. The molecule has 0 fully saturated rings. The molecular formula is CH7Cl3Si2. The summed E-state index contributed by atoms with van der Waals surface area (Å²) in [5.41, 5.74) is 0. The highest BCUT2D eigenvalue weighted by atomic mass is 35.6. The van der Waals surface area contributed by atoms with Gasteiger partial charge >= 0.3 is 0 Å². The van der Waals surface area contributed by atoms with Crippen molar-refractivity contribution in [3.05, 3.63) is 0 Å². The van der Waals surface area contributed by atoms with E-state index >= 15 is 0 Å². The van der Waals surface area contributed by atoms with Gasteiger partial charge in [-0.05, 0) is 11.0 Å². The summed E-state index contributed by atoms with van der Waals surface area (Å²) in [5, 5.41) is 0. The molecule has 40 valence electrons. The second-order valence-corrected chi connectivity index (χ2v) is 7.03. The van der Waals surface area contributed by atoms with Gasteiger partial charge in [0.2, 0.25) is 0 Å². The van der Waals surface area contributed by atoms with E-state index in [2.05, 4.69) is 0 Å². The first-order valence-electron chi connectivity index (χ1n) is 1.07. The van der Waals surface area contributed by atoms with Gasteiger partial charge in [0.1, 0.15) is 0 Å². The molecule has 0 nitrogen and oxygen atoms in total. The van der Waals surface area contributed by atoms with Gasteiger partial charge in [-0.15, -0.1) is 0 Å². The number of alkyl halides is 3. The van der Waals surface area contributed by atoms with Crippen molar-refractivity contribution in [2.45, 2.75) is 3.42 Å². The minimum Gasteiger partial charge on any atom is -0.0894 e. The maximum absolute atomic E-state index is 5.12. The molecule has 0 saturated heterocycles. The highest BCUT2D eigenvalue weighted by molar-refractivity contribution is 6.81. The molecule has 0 N–H and O–H groups in total. The summed E-state index contributed by atoms with van der Waals surface area (Å²) in [5.74, 6) is 0. The van der Waals surface area contributed by atoms with E-state index in [4.69, 9.17) is 34.8 Å². The van der Waals surface area contributed by atoms with E-state index < -0.39 is 3.42 Å². The van der Waals surface area contributed by atoms with E-state index in [1.807, 2.05) is 0 Å². The molecule has 0 bridgehead atoms. The molecule has 0 aromatic rings. The van der Waals surface area contributed by atoms with Gasteiger partial charge in [-0.2, -0.15) is 0 Å². The van der Waals surface area contributed by atoms with Crippen LogP contribution in [0, 0.1) is 0 Å². The monoisotopic (exact) mass is 180 g/mol. The molecule has 0 amide bonds. The molecule has 0 aliphatic carbocycles. The van der Waals surface area contributed by atoms with Crippen LogP contribution in [0.15, 0.2) is 0 Å². The highest BCUT2D eigenvalue weighted by Gasteiger charge is 2.06. The molecule has 0 aliphatic heterocycles. The molecule has 0 radical (unpaired) electrons. The highest BCUT2D eigenvalue weighted by Crippen LogP contribution is 2.19. The Hall–Kier alpha value is 1.30. The zero-order valence-electron chi connectivity index (χ0n) is 2.63. The second kappa shape index (κ2) is 3.32. The lowest BCUT2D eigenvalue weighted by Gasteiger charge is -1.94. The van der Waals surface area contributed by atoms with E-state index in [0.717, 1.165) is 0 Å². The molecule has 0 atom stereocenters. The van der Waals surface area contributed by atoms with Crippen molar-refractivity contribution in [2.75, 3.05) is 0 Å². The lowest BCUT2D eigenvalue weighted by atomic mass is 11.8. The number of halogens is 3. The summed E-state index contributed by atoms with van der Waals surface area (Å²) < 4.78 is -0.944. The van der Waals surface area contributed by atoms with Crippen LogP contribution in [-0.2, 0) is 0 Å². The first-order chi connectivity index (χ1) is 2.00. The molecular weight excluding hydrogens is 175 g/mol. The summed E-state index contributed by atoms with van der Waals surface area (Å²) in [6, 6.07) is 0. The minimum atomic E-state index is -0.944. The standard InChI is InChI=1S/CH3Cl3Si.H4Si/c2-1(3,4)5;/h5H3;1H4. The fourth-order valence-corrected chi connectivity index (χ4v) is 0. The number of hydrogen-bond acceptors (Lipinski definition) is 0. The average molecular weight is 182 g/mol. The maximum Gasteiger partial charge on any atom is 0.166 e. The van der Waals surface area contributed by atoms with Gasteiger partial charge in [-0.1, -0.05) is 34.8 Å². The van der Waals surface area contributed by atoms with Gasteiger partial charge in [0.25, 0.3) is 0 Å². The summed E-state index contributed by atoms with van der Waals surface area (Å²) in [7, 11) is 0.604. The van der Waals surface area contributed by atoms with Crippen LogP contribution < -0.4 is 0 Å². The lowest BCUT2D eigenvalue weighted by molar-refractivity contribution is 1.75. The van der Waals surface area contributed by atoms with Crippen LogP contribution in [0.5, 0.6) is 0 Å². The number of hydrogen-bond donors (Lipinski definition) is 0. The van der Waals surface area contributed by atoms with Crippen molar-refractivity contribution < 1.29 is 0 Å². The van der Waals surface area contributed by atoms with Crippen LogP contribution >= 0.6 is 34.8 Å². The van der Waals surface area contributed by atoms with Crippen LogP contribution in [0.1, 0.15) is 0 Å². The second-order valence-electron chi connectivity index (χ2n) is 0.781. The molecule has 0 aromatic heterocycles. The van der Waals surface area contributed by atoms with Gasteiger partial charge in [0.05, 0.1) is 10.2 Å². The Morgan fingerprint density at radius 2 is 1.17 bits per heavy atom. The zero-order chi connectivity index (χ0) is 4.50. The van der Waals surface area contributed by atoms with E-state index in [1.165, 1.54) is 0 Å². The fraction of sp³-hybridized carbons (Fsp3) is 1.00. The molecule has 0 unspecified atom stereocenters. The lowest BCUT2D eigenvalue weighted by Crippen LogP contribution is -1.96. The van der Waals surface area contributed by atoms with Gasteiger partial charge in [0.15, 0.2) is 3.42 Å². The van der Waals surface area contributed by atoms with Crippen molar-refractivity contribution in [3.63, 3.8) is 0 Å². The van der Waals surface area contributed by atoms with Gasteiger partial charge < -0.3 is 0 Å². The zero-order valence-corrected chi connectivity index (χ0v) is 6.90. The van der Waals surface area contributed by atoms with E-state index in [9.17, 15) is 0 Å². The number of rotatable bonds is 0. The third-order valence-corrected chi connectivity index (χ3v) is 0. The SMILES string of the molecule is [SiH3]C(Cl)(Cl)Cl.[SiH4]. The quantitative estimate of drug-likeness (QED) is 0.340. The molecule has 6 heavy (non-hydrogen) atoms. The van der Waals surface area contributed by atoms with Crippen molar-refractivity contribution in [2.24, 2.45) is 0 Å². The van der Waals surface area contributed by atoms with Crippen molar-refractivity contribution >= 4 is 56.0 Å². The Morgan fingerprint density at radius 1 is 1.17 bits per heavy atom. The normalized spacial score (nSPS) is 10.5. The van der Waals surface area contributed by atoms with Crippen LogP contribution in [0.3, 0.4) is 0 Å². The average Bonchev–Trinajstić information content (AvgIpc) is 0.722. The third kappa shape index (κ3) is 57.8. The Balaban J connectivity index is 0. The summed E-state index contributed by atoms with van der Waals surface area (Å²) in [4.78, 5) is 0. The summed E-state index contributed by atoms with van der Waals surface area (Å²) >= 11 is 15.4. The van der Waals surface area contributed by atoms with E-state index in [-0.39, 0.29) is 11.0 Å². The molecule has 0 aromatic carbocycles. The smallest absolute Gasteiger partial charge is 0.0894 e. The van der Waals surface area contributed by atoms with Crippen LogP contribution in [0.4, 0.5) is 0 Å². The first-order valence-corrected chi connectivity index (χ1v) is 3.20. The topological polar surface area (TPSA) is 0 Å². The van der Waals surface area contributed by atoms with Crippen molar-refractivity contribution in [1.29, 1.82) is 0 Å². The molecule has 0 saturated carbocycles. The van der Waals surface area contributed by atoms with Crippen LogP contribution in [0.25, 0.3) is 0 Å². The Kier molecular flexibility index (Phi) is 5.72. The van der Waals surface area contributed by atoms with Crippen LogP contribution in [-0.4, -0.2) is 24.6 Å². The van der Waals surface area contributed by atoms with Crippen LogP contribution in [0.2, 0.25) is 0 Å². The maximum atomic E-state index is 5.12. The minimum absolute atomic E-state index is 0. The molecule has 5 heteroatoms. The van der Waals surface area contributed by atoms with Crippen molar-refractivity contribution in [1.82, 2.24) is 0 Å². The van der Waals surface area contributed by atoms with E-state index in [1.54, 1.807) is 0 Å². The predicted octanol–water partition coefficient (Wildman–Crippen LogP) is -0.772. The third-order valence-electron chi connectivity index (χ3n) is 0. The molecule has 0 heterocycles. The van der Waals surface area contributed by atoms with Gasteiger partial charge in [0, 0.05) is 0 Å². The molecule has 0 rings (SSSR count). The molecule has 0 aliphatic rings. The van der Waals surface area contributed by atoms with Gasteiger partial charge in [-0.3, -0.25) is 0 Å². The van der Waals surface area contributed by atoms with E-state index in [0.29, 0.717) is 10.2 Å². The Labute approximate surface area is 59.6 Å². The summed E-state index contributed by atoms with van der Waals surface area (Å²) in [6.45, 7) is 0. The Bertz CT molecular complexity index is 24.3. The Morgan fingerprint density at radius 3 is 1.17 bits per heavy atom. The first kappa shape index (κ1) is 10.3. The molecule has 0 spiro atoms. The van der Waals surface area contributed by atoms with Gasteiger partial charge in [-0.25, -0.2) is 0 Å². The predicted molar refractivity (Wildman–Crippen MR) is 41.6 cm³/mol. The fourth-order valence-electron chi connectivity index (χ4n) is 0. The summed E-state index contributed by atoms with van der Waals surface area (Å²) in [6.07, 6.45) is 0. The van der Waals surface area contributed by atoms with Crippen molar-refractivity contribution in [3.8, 4) is 0 Å².